The second kappa shape index (κ2) is 13.2. The van der Waals surface area contributed by atoms with Gasteiger partial charge in [0.2, 0.25) is 5.91 Å². The molecule has 1 atom stereocenters. The van der Waals surface area contributed by atoms with Gasteiger partial charge in [-0.1, -0.05) is 42.5 Å². The van der Waals surface area contributed by atoms with E-state index in [-0.39, 0.29) is 24.5 Å². The molecule has 1 amide bonds. The number of hydrogen-bond donors (Lipinski definition) is 2. The van der Waals surface area contributed by atoms with Gasteiger partial charge in [-0.3, -0.25) is 4.79 Å². The van der Waals surface area contributed by atoms with Crippen LogP contribution >= 0.6 is 0 Å². The molecule has 8 heteroatoms. The number of amides is 1. The minimum absolute atomic E-state index is 0.0368. The average molecular weight is 481 g/mol. The van der Waals surface area contributed by atoms with E-state index in [1.807, 2.05) is 30.3 Å². The van der Waals surface area contributed by atoms with Crippen LogP contribution in [0.2, 0.25) is 0 Å². The van der Waals surface area contributed by atoms with Crippen molar-refractivity contribution in [2.45, 2.75) is 6.10 Å². The maximum atomic E-state index is 13.1. The molecule has 3 N–H and O–H groups in total. The molecule has 0 fully saturated rings. The Balaban J connectivity index is 1.59. The Kier molecular flexibility index (Phi) is 9.80. The number of halogens is 1. The van der Waals surface area contributed by atoms with Crippen molar-refractivity contribution < 1.29 is 28.6 Å². The van der Waals surface area contributed by atoms with Gasteiger partial charge in [-0.15, -0.1) is 5.06 Å². The third-order valence-corrected chi connectivity index (χ3v) is 4.99. The Morgan fingerprint density at radius 1 is 1.03 bits per heavy atom. The molecule has 0 aliphatic carbocycles. The summed E-state index contributed by atoms with van der Waals surface area (Å²) < 4.78 is 24.0. The maximum absolute atomic E-state index is 13.1. The molecule has 0 saturated carbocycles. The SMILES string of the molecule is COCCN(CC(O)COc1ccc(/C(=C\c2ccc(F)cc2)C(N)=O)cc1)Oc1ccccc1. The highest BCUT2D eigenvalue weighted by molar-refractivity contribution is 6.23. The van der Waals surface area contributed by atoms with Gasteiger partial charge < -0.3 is 25.2 Å². The van der Waals surface area contributed by atoms with Gasteiger partial charge in [0.15, 0.2) is 0 Å². The summed E-state index contributed by atoms with van der Waals surface area (Å²) in [6.45, 7) is 1.15. The third kappa shape index (κ3) is 8.53. The summed E-state index contributed by atoms with van der Waals surface area (Å²) in [6, 6.07) is 21.8. The van der Waals surface area contributed by atoms with Gasteiger partial charge in [-0.25, -0.2) is 4.39 Å². The number of carbonyl (C=O) groups excluding carboxylic acids is 1. The molecule has 184 valence electrons. The van der Waals surface area contributed by atoms with Gasteiger partial charge in [-0.05, 0) is 53.6 Å². The molecule has 35 heavy (non-hydrogen) atoms. The zero-order valence-corrected chi connectivity index (χ0v) is 19.5. The number of ether oxygens (including phenoxy) is 2. The Labute approximate surface area is 204 Å². The largest absolute Gasteiger partial charge is 0.491 e. The molecule has 0 aliphatic heterocycles. The summed E-state index contributed by atoms with van der Waals surface area (Å²) in [5.74, 6) is 0.213. The van der Waals surface area contributed by atoms with Crippen molar-refractivity contribution in [3.63, 3.8) is 0 Å². The Morgan fingerprint density at radius 3 is 2.34 bits per heavy atom. The lowest BCUT2D eigenvalue weighted by molar-refractivity contribution is -0.112. The Morgan fingerprint density at radius 2 is 1.71 bits per heavy atom. The van der Waals surface area contributed by atoms with Crippen LogP contribution in [0.15, 0.2) is 78.9 Å². The summed E-state index contributed by atoms with van der Waals surface area (Å²) in [5.41, 5.74) is 7.08. The lowest BCUT2D eigenvalue weighted by Crippen LogP contribution is -2.39. The Bertz CT molecular complexity index is 1090. The lowest BCUT2D eigenvalue weighted by atomic mass is 10.0. The molecule has 0 radical (unpaired) electrons. The van der Waals surface area contributed by atoms with E-state index in [1.165, 1.54) is 12.1 Å². The van der Waals surface area contributed by atoms with Gasteiger partial charge in [0.05, 0.1) is 19.7 Å². The highest BCUT2D eigenvalue weighted by Crippen LogP contribution is 2.22. The molecule has 0 aliphatic rings. The number of benzene rings is 3. The van der Waals surface area contributed by atoms with E-state index in [0.717, 1.165) is 0 Å². The number of hydrogen-bond acceptors (Lipinski definition) is 6. The number of carbonyl (C=O) groups is 1. The van der Waals surface area contributed by atoms with Crippen molar-refractivity contribution in [2.75, 3.05) is 33.4 Å². The fourth-order valence-electron chi connectivity index (χ4n) is 3.23. The minimum atomic E-state index is -0.824. The first-order valence-corrected chi connectivity index (χ1v) is 11.1. The van der Waals surface area contributed by atoms with Gasteiger partial charge in [-0.2, -0.15) is 0 Å². The van der Waals surface area contributed by atoms with Crippen molar-refractivity contribution in [1.82, 2.24) is 5.06 Å². The van der Waals surface area contributed by atoms with E-state index in [2.05, 4.69) is 0 Å². The number of aliphatic hydroxyl groups is 1. The molecule has 0 spiro atoms. The number of nitrogens with two attached hydrogens (primary N) is 1. The highest BCUT2D eigenvalue weighted by atomic mass is 19.1. The van der Waals surface area contributed by atoms with Crippen molar-refractivity contribution in [1.29, 1.82) is 0 Å². The van der Waals surface area contributed by atoms with Crippen LogP contribution < -0.4 is 15.3 Å². The summed E-state index contributed by atoms with van der Waals surface area (Å²) in [6.07, 6.45) is 0.776. The van der Waals surface area contributed by atoms with Crippen LogP contribution in [0.5, 0.6) is 11.5 Å². The molecule has 3 rings (SSSR count). The second-order valence-corrected chi connectivity index (χ2v) is 7.75. The average Bonchev–Trinajstić information content (AvgIpc) is 2.86. The molecule has 0 bridgehead atoms. The van der Waals surface area contributed by atoms with Crippen LogP contribution in [0.3, 0.4) is 0 Å². The van der Waals surface area contributed by atoms with Crippen molar-refractivity contribution >= 4 is 17.6 Å². The second-order valence-electron chi connectivity index (χ2n) is 7.75. The summed E-state index contributed by atoms with van der Waals surface area (Å²) in [4.78, 5) is 17.8. The summed E-state index contributed by atoms with van der Waals surface area (Å²) >= 11 is 0. The molecule has 1 unspecified atom stereocenters. The predicted octanol–water partition coefficient (Wildman–Crippen LogP) is 3.53. The van der Waals surface area contributed by atoms with Gasteiger partial charge in [0, 0.05) is 12.7 Å². The number of nitrogens with zero attached hydrogens (tertiary/aromatic N) is 1. The highest BCUT2D eigenvalue weighted by Gasteiger charge is 2.15. The number of methoxy groups -OCH3 is 1. The number of aliphatic hydroxyl groups excluding tert-OH is 1. The smallest absolute Gasteiger partial charge is 0.249 e. The van der Waals surface area contributed by atoms with Crippen molar-refractivity contribution in [2.24, 2.45) is 5.73 Å². The molecule has 0 heterocycles. The van der Waals surface area contributed by atoms with Gasteiger partial charge >= 0.3 is 0 Å². The van der Waals surface area contributed by atoms with Crippen LogP contribution in [0.25, 0.3) is 11.6 Å². The fraction of sp³-hybridized carbons (Fsp3) is 0.222. The first kappa shape index (κ1) is 25.9. The van der Waals surface area contributed by atoms with E-state index < -0.39 is 12.0 Å². The van der Waals surface area contributed by atoms with E-state index in [9.17, 15) is 14.3 Å². The van der Waals surface area contributed by atoms with Crippen molar-refractivity contribution in [3.8, 4) is 11.5 Å². The van der Waals surface area contributed by atoms with Gasteiger partial charge in [0.1, 0.15) is 30.0 Å². The van der Waals surface area contributed by atoms with E-state index in [4.69, 9.17) is 20.0 Å². The number of rotatable bonds is 13. The zero-order chi connectivity index (χ0) is 25.0. The number of para-hydroxylation sites is 1. The topological polar surface area (TPSA) is 94.3 Å². The van der Waals surface area contributed by atoms with Gasteiger partial charge in [0.25, 0.3) is 0 Å². The predicted molar refractivity (Wildman–Crippen MR) is 132 cm³/mol. The minimum Gasteiger partial charge on any atom is -0.491 e. The molecular formula is C27H29FN2O5. The fourth-order valence-corrected chi connectivity index (χ4v) is 3.23. The maximum Gasteiger partial charge on any atom is 0.249 e. The molecule has 3 aromatic rings. The molecule has 0 saturated heterocycles. The molecule has 3 aromatic carbocycles. The van der Waals surface area contributed by atoms with E-state index in [0.29, 0.717) is 35.8 Å². The number of hydroxylamine groups is 2. The quantitative estimate of drug-likeness (QED) is 0.221. The van der Waals surface area contributed by atoms with E-state index in [1.54, 1.807) is 54.6 Å². The third-order valence-electron chi connectivity index (χ3n) is 4.99. The van der Waals surface area contributed by atoms with Crippen LogP contribution in [-0.4, -0.2) is 55.6 Å². The molecular weight excluding hydrogens is 451 g/mol. The normalized spacial score (nSPS) is 12.4. The van der Waals surface area contributed by atoms with Crippen LogP contribution in [0.1, 0.15) is 11.1 Å². The first-order chi connectivity index (χ1) is 16.9. The van der Waals surface area contributed by atoms with Crippen LogP contribution in [0.4, 0.5) is 4.39 Å². The molecule has 0 aromatic heterocycles. The molecule has 7 nitrogen and oxygen atoms in total. The lowest BCUT2D eigenvalue weighted by Gasteiger charge is -2.24. The zero-order valence-electron chi connectivity index (χ0n) is 19.5. The van der Waals surface area contributed by atoms with Crippen LogP contribution in [-0.2, 0) is 9.53 Å². The summed E-state index contributed by atoms with van der Waals surface area (Å²) in [7, 11) is 1.60. The standard InChI is InChI=1S/C27H29FN2O5/c1-33-16-15-30(35-25-5-3-2-4-6-25)18-23(31)19-34-24-13-9-21(10-14-24)26(27(29)32)17-20-7-11-22(28)12-8-20/h2-14,17,23,31H,15-16,18-19H2,1H3,(H2,29,32)/b26-17+. The van der Waals surface area contributed by atoms with E-state index >= 15 is 0 Å². The van der Waals surface area contributed by atoms with Crippen molar-refractivity contribution in [3.05, 3.63) is 95.8 Å². The van der Waals surface area contributed by atoms with Crippen LogP contribution in [0, 0.1) is 5.82 Å². The Hall–Kier alpha value is -3.72. The monoisotopic (exact) mass is 480 g/mol. The first-order valence-electron chi connectivity index (χ1n) is 11.1. The number of primary amides is 1. The summed E-state index contributed by atoms with van der Waals surface area (Å²) in [5, 5.41) is 12.1.